The molecule has 0 heteroatoms. The van der Waals surface area contributed by atoms with E-state index in [-0.39, 0.29) is 0 Å². The smallest absolute Gasteiger partial charge is 0.0156 e. The van der Waals surface area contributed by atoms with Gasteiger partial charge in [-0.05, 0) is 53.7 Å². The van der Waals surface area contributed by atoms with Crippen molar-refractivity contribution in [1.82, 2.24) is 0 Å². The van der Waals surface area contributed by atoms with Crippen molar-refractivity contribution in [3.63, 3.8) is 0 Å². The first kappa shape index (κ1) is 18.5. The van der Waals surface area contributed by atoms with E-state index in [1.54, 1.807) is 0 Å². The molecule has 0 fully saturated rings. The van der Waals surface area contributed by atoms with Gasteiger partial charge in [0.05, 0.1) is 0 Å². The molecule has 3 rings (SSSR count). The second-order valence-corrected chi connectivity index (χ2v) is 7.54. The summed E-state index contributed by atoms with van der Waals surface area (Å²) in [5, 5.41) is 0. The van der Waals surface area contributed by atoms with Crippen LogP contribution in [0.3, 0.4) is 0 Å². The summed E-state index contributed by atoms with van der Waals surface area (Å²) in [6.45, 7) is 4.79. The Morgan fingerprint density at radius 1 is 0.615 bits per heavy atom. The third-order valence-electron chi connectivity index (χ3n) is 5.73. The van der Waals surface area contributed by atoms with Gasteiger partial charge in [-0.3, -0.25) is 0 Å². The maximum Gasteiger partial charge on any atom is -0.0156 e. The minimum atomic E-state index is 0.583. The third kappa shape index (κ3) is 5.08. The zero-order valence-corrected chi connectivity index (χ0v) is 16.0. The predicted octanol–water partition coefficient (Wildman–Crippen LogP) is 7.23. The summed E-state index contributed by atoms with van der Waals surface area (Å²) in [7, 11) is 0. The van der Waals surface area contributed by atoms with Crippen molar-refractivity contribution in [1.29, 1.82) is 0 Å². The highest BCUT2D eigenvalue weighted by atomic mass is 14.2. The fourth-order valence-electron chi connectivity index (χ4n) is 3.87. The van der Waals surface area contributed by atoms with E-state index in [2.05, 4.69) is 105 Å². The molecule has 3 atom stereocenters. The SMILES string of the molecule is CC(CC(CCc1ccccc1)c1ccccc1)C(C)c1ccccc1. The molecule has 0 saturated heterocycles. The molecule has 3 aromatic rings. The molecule has 3 aromatic carbocycles. The first-order valence-corrected chi connectivity index (χ1v) is 9.88. The summed E-state index contributed by atoms with van der Waals surface area (Å²) in [5.41, 5.74) is 4.38. The highest BCUT2D eigenvalue weighted by molar-refractivity contribution is 5.23. The molecule has 0 heterocycles. The van der Waals surface area contributed by atoms with Crippen LogP contribution >= 0.6 is 0 Å². The van der Waals surface area contributed by atoms with Gasteiger partial charge in [0, 0.05) is 0 Å². The molecular weight excluding hydrogens is 312 g/mol. The van der Waals surface area contributed by atoms with E-state index in [0.29, 0.717) is 17.8 Å². The summed E-state index contributed by atoms with van der Waals surface area (Å²) in [6, 6.07) is 32.9. The number of rotatable bonds is 8. The molecule has 0 radical (unpaired) electrons. The van der Waals surface area contributed by atoms with E-state index in [0.717, 1.165) is 6.42 Å². The molecule has 0 saturated carbocycles. The molecule has 26 heavy (non-hydrogen) atoms. The molecule has 134 valence electrons. The molecule has 0 nitrogen and oxygen atoms in total. The van der Waals surface area contributed by atoms with Crippen molar-refractivity contribution in [3.05, 3.63) is 108 Å². The minimum absolute atomic E-state index is 0.583. The lowest BCUT2D eigenvalue weighted by atomic mass is 9.79. The van der Waals surface area contributed by atoms with Crippen molar-refractivity contribution < 1.29 is 0 Å². The van der Waals surface area contributed by atoms with Crippen LogP contribution < -0.4 is 0 Å². The second-order valence-electron chi connectivity index (χ2n) is 7.54. The lowest BCUT2D eigenvalue weighted by Crippen LogP contribution is -2.12. The van der Waals surface area contributed by atoms with Crippen molar-refractivity contribution in [2.24, 2.45) is 5.92 Å². The lowest BCUT2D eigenvalue weighted by Gasteiger charge is -2.26. The van der Waals surface area contributed by atoms with Crippen molar-refractivity contribution in [3.8, 4) is 0 Å². The van der Waals surface area contributed by atoms with Crippen LogP contribution in [0.15, 0.2) is 91.0 Å². The van der Waals surface area contributed by atoms with Gasteiger partial charge >= 0.3 is 0 Å². The second kappa shape index (κ2) is 9.38. The maximum absolute atomic E-state index is 2.41. The molecule has 0 aliphatic rings. The summed E-state index contributed by atoms with van der Waals surface area (Å²) < 4.78 is 0. The van der Waals surface area contributed by atoms with E-state index in [9.17, 15) is 0 Å². The highest BCUT2D eigenvalue weighted by Gasteiger charge is 2.20. The van der Waals surface area contributed by atoms with Gasteiger partial charge in [0.15, 0.2) is 0 Å². The van der Waals surface area contributed by atoms with E-state index in [1.165, 1.54) is 29.5 Å². The standard InChI is InChI=1S/C26H30/c1-21(22(2)24-14-8-4-9-15-24)20-26(25-16-10-5-11-17-25)19-18-23-12-6-3-7-13-23/h3-17,21-22,26H,18-20H2,1-2H3. The Kier molecular flexibility index (Phi) is 6.66. The van der Waals surface area contributed by atoms with Gasteiger partial charge in [0.1, 0.15) is 0 Å². The van der Waals surface area contributed by atoms with E-state index < -0.39 is 0 Å². The monoisotopic (exact) mass is 342 g/mol. The quantitative estimate of drug-likeness (QED) is 0.405. The zero-order valence-electron chi connectivity index (χ0n) is 16.0. The predicted molar refractivity (Wildman–Crippen MR) is 113 cm³/mol. The highest BCUT2D eigenvalue weighted by Crippen LogP contribution is 2.35. The van der Waals surface area contributed by atoms with E-state index in [4.69, 9.17) is 0 Å². The normalized spacial score (nSPS) is 14.5. The number of hydrogen-bond acceptors (Lipinski definition) is 0. The van der Waals surface area contributed by atoms with Crippen molar-refractivity contribution in [2.75, 3.05) is 0 Å². The van der Waals surface area contributed by atoms with Crippen molar-refractivity contribution in [2.45, 2.75) is 44.9 Å². The Hall–Kier alpha value is -2.34. The van der Waals surface area contributed by atoms with Gasteiger partial charge in [-0.15, -0.1) is 0 Å². The van der Waals surface area contributed by atoms with Gasteiger partial charge in [-0.1, -0.05) is 105 Å². The average Bonchev–Trinajstić information content (AvgIpc) is 2.72. The van der Waals surface area contributed by atoms with Crippen LogP contribution in [0.1, 0.15) is 55.2 Å². The van der Waals surface area contributed by atoms with Gasteiger partial charge in [0.25, 0.3) is 0 Å². The fourth-order valence-corrected chi connectivity index (χ4v) is 3.87. The first-order chi connectivity index (χ1) is 12.7. The maximum atomic E-state index is 2.41. The minimum Gasteiger partial charge on any atom is -0.0622 e. The summed E-state index contributed by atoms with van der Waals surface area (Å²) in [4.78, 5) is 0. The lowest BCUT2D eigenvalue weighted by molar-refractivity contribution is 0.397. The summed E-state index contributed by atoms with van der Waals surface area (Å²) >= 11 is 0. The molecule has 3 unspecified atom stereocenters. The Morgan fingerprint density at radius 2 is 1.12 bits per heavy atom. The topological polar surface area (TPSA) is 0 Å². The zero-order chi connectivity index (χ0) is 18.2. The van der Waals surface area contributed by atoms with Gasteiger partial charge in [0.2, 0.25) is 0 Å². The molecule has 0 N–H and O–H groups in total. The number of aryl methyl sites for hydroxylation is 1. The summed E-state index contributed by atoms with van der Waals surface area (Å²) in [6.07, 6.45) is 3.58. The van der Waals surface area contributed by atoms with E-state index in [1.807, 2.05) is 0 Å². The van der Waals surface area contributed by atoms with Crippen LogP contribution in [0.5, 0.6) is 0 Å². The van der Waals surface area contributed by atoms with E-state index >= 15 is 0 Å². The largest absolute Gasteiger partial charge is 0.0622 e. The van der Waals surface area contributed by atoms with Gasteiger partial charge < -0.3 is 0 Å². The molecule has 0 spiro atoms. The van der Waals surface area contributed by atoms with Crippen LogP contribution in [-0.2, 0) is 6.42 Å². The first-order valence-electron chi connectivity index (χ1n) is 9.88. The molecule has 0 bridgehead atoms. The molecule has 0 amide bonds. The Balaban J connectivity index is 1.71. The average molecular weight is 343 g/mol. The van der Waals surface area contributed by atoms with Crippen LogP contribution in [0, 0.1) is 5.92 Å². The number of hydrogen-bond donors (Lipinski definition) is 0. The Labute approximate surface area is 158 Å². The number of benzene rings is 3. The van der Waals surface area contributed by atoms with Crippen LogP contribution in [0.25, 0.3) is 0 Å². The molecule has 0 aliphatic carbocycles. The van der Waals surface area contributed by atoms with Gasteiger partial charge in [-0.2, -0.15) is 0 Å². The van der Waals surface area contributed by atoms with Gasteiger partial charge in [-0.25, -0.2) is 0 Å². The molecule has 0 aliphatic heterocycles. The molecular formula is C26H30. The van der Waals surface area contributed by atoms with Crippen LogP contribution in [0.2, 0.25) is 0 Å². The Morgan fingerprint density at radius 3 is 1.69 bits per heavy atom. The van der Waals surface area contributed by atoms with Crippen LogP contribution in [0.4, 0.5) is 0 Å². The molecule has 0 aromatic heterocycles. The van der Waals surface area contributed by atoms with Crippen molar-refractivity contribution >= 4 is 0 Å². The Bertz CT molecular complexity index is 746. The fraction of sp³-hybridized carbons (Fsp3) is 0.308. The summed E-state index contributed by atoms with van der Waals surface area (Å²) in [5.74, 6) is 1.84. The third-order valence-corrected chi connectivity index (χ3v) is 5.73. The van der Waals surface area contributed by atoms with Crippen LogP contribution in [-0.4, -0.2) is 0 Å².